The van der Waals surface area contributed by atoms with E-state index in [-0.39, 0.29) is 6.10 Å². The molecule has 1 aliphatic carbocycles. The van der Waals surface area contributed by atoms with Gasteiger partial charge in [-0.1, -0.05) is 0 Å². The molecule has 0 aromatic carbocycles. The van der Waals surface area contributed by atoms with Crippen LogP contribution in [0.4, 0.5) is 0 Å². The second-order valence-corrected chi connectivity index (χ2v) is 4.46. The lowest BCUT2D eigenvalue weighted by Gasteiger charge is -2.25. The summed E-state index contributed by atoms with van der Waals surface area (Å²) in [5, 5.41) is 0. The molecular weight excluding hydrogens is 184 g/mol. The molecule has 0 radical (unpaired) electrons. The van der Waals surface area contributed by atoms with E-state index < -0.39 is 17.5 Å². The molecule has 0 atom stereocenters. The molecule has 80 valence electrons. The summed E-state index contributed by atoms with van der Waals surface area (Å²) in [7, 11) is 0. The van der Waals surface area contributed by atoms with Crippen molar-refractivity contribution in [3.63, 3.8) is 0 Å². The van der Waals surface area contributed by atoms with Crippen molar-refractivity contribution in [2.45, 2.75) is 51.7 Å². The van der Waals surface area contributed by atoms with Crippen molar-refractivity contribution in [2.75, 3.05) is 0 Å². The largest absolute Gasteiger partial charge is 0.454 e. The van der Waals surface area contributed by atoms with Gasteiger partial charge in [-0.25, -0.2) is 9.59 Å². The standard InChI is InChI=1S/C10H16O4/c1-10(2,3)14-9(12)8(11)13-7-5-4-6-7/h7H,4-6H2,1-3H3. The molecule has 0 N–H and O–H groups in total. The second-order valence-electron chi connectivity index (χ2n) is 4.46. The number of carbonyl (C=O) groups is 2. The van der Waals surface area contributed by atoms with Crippen LogP contribution in [0.3, 0.4) is 0 Å². The fourth-order valence-electron chi connectivity index (χ4n) is 1.01. The lowest BCUT2D eigenvalue weighted by atomic mass is 9.96. The van der Waals surface area contributed by atoms with E-state index in [0.717, 1.165) is 19.3 Å². The van der Waals surface area contributed by atoms with Crippen molar-refractivity contribution in [1.29, 1.82) is 0 Å². The molecular formula is C10H16O4. The van der Waals surface area contributed by atoms with Gasteiger partial charge in [-0.3, -0.25) is 0 Å². The second kappa shape index (κ2) is 3.98. The van der Waals surface area contributed by atoms with Crippen LogP contribution >= 0.6 is 0 Å². The van der Waals surface area contributed by atoms with Crippen LogP contribution in [0.15, 0.2) is 0 Å². The van der Waals surface area contributed by atoms with Crippen LogP contribution in [0.25, 0.3) is 0 Å². The molecule has 0 saturated heterocycles. The third-order valence-electron chi connectivity index (χ3n) is 1.89. The zero-order valence-corrected chi connectivity index (χ0v) is 8.83. The van der Waals surface area contributed by atoms with Gasteiger partial charge in [0.2, 0.25) is 0 Å². The maximum absolute atomic E-state index is 11.1. The van der Waals surface area contributed by atoms with Gasteiger partial charge in [0.1, 0.15) is 11.7 Å². The first-order valence-corrected chi connectivity index (χ1v) is 4.82. The minimum atomic E-state index is -0.899. The normalized spacial score (nSPS) is 17.1. The number of esters is 2. The summed E-state index contributed by atoms with van der Waals surface area (Å²) < 4.78 is 9.74. The average molecular weight is 200 g/mol. The molecule has 4 nitrogen and oxygen atoms in total. The van der Waals surface area contributed by atoms with Crippen LogP contribution in [0.5, 0.6) is 0 Å². The SMILES string of the molecule is CC(C)(C)OC(=O)C(=O)OC1CCC1. The van der Waals surface area contributed by atoms with Gasteiger partial charge in [-0.15, -0.1) is 0 Å². The molecule has 1 saturated carbocycles. The van der Waals surface area contributed by atoms with E-state index in [1.54, 1.807) is 20.8 Å². The van der Waals surface area contributed by atoms with E-state index in [0.29, 0.717) is 0 Å². The number of hydrogen-bond donors (Lipinski definition) is 0. The van der Waals surface area contributed by atoms with Crippen molar-refractivity contribution in [3.05, 3.63) is 0 Å². The smallest absolute Gasteiger partial charge is 0.418 e. The fourth-order valence-corrected chi connectivity index (χ4v) is 1.01. The molecule has 0 bridgehead atoms. The maximum atomic E-state index is 11.1. The molecule has 0 unspecified atom stereocenters. The van der Waals surface area contributed by atoms with E-state index in [9.17, 15) is 9.59 Å². The van der Waals surface area contributed by atoms with E-state index in [4.69, 9.17) is 9.47 Å². The Bertz CT molecular complexity index is 235. The summed E-state index contributed by atoms with van der Waals surface area (Å²) in [6.45, 7) is 5.13. The Morgan fingerprint density at radius 2 is 1.71 bits per heavy atom. The highest BCUT2D eigenvalue weighted by Crippen LogP contribution is 2.22. The topological polar surface area (TPSA) is 52.6 Å². The van der Waals surface area contributed by atoms with Crippen molar-refractivity contribution in [2.24, 2.45) is 0 Å². The number of hydrogen-bond acceptors (Lipinski definition) is 4. The summed E-state index contributed by atoms with van der Waals surface area (Å²) >= 11 is 0. The Hall–Kier alpha value is -1.06. The van der Waals surface area contributed by atoms with Crippen molar-refractivity contribution >= 4 is 11.9 Å². The van der Waals surface area contributed by atoms with E-state index in [1.165, 1.54) is 0 Å². The molecule has 0 spiro atoms. The Morgan fingerprint density at radius 3 is 2.07 bits per heavy atom. The first-order valence-electron chi connectivity index (χ1n) is 4.82. The van der Waals surface area contributed by atoms with Gasteiger partial charge in [-0.2, -0.15) is 0 Å². The van der Waals surface area contributed by atoms with Gasteiger partial charge < -0.3 is 9.47 Å². The number of rotatable bonds is 1. The summed E-state index contributed by atoms with van der Waals surface area (Å²) in [4.78, 5) is 22.3. The molecule has 14 heavy (non-hydrogen) atoms. The third-order valence-corrected chi connectivity index (χ3v) is 1.89. The van der Waals surface area contributed by atoms with Gasteiger partial charge in [0.05, 0.1) is 0 Å². The summed E-state index contributed by atoms with van der Waals surface area (Å²) in [5.74, 6) is -1.77. The van der Waals surface area contributed by atoms with Crippen LogP contribution in [0, 0.1) is 0 Å². The zero-order valence-electron chi connectivity index (χ0n) is 8.83. The average Bonchev–Trinajstić information content (AvgIpc) is 1.92. The molecule has 0 heterocycles. The van der Waals surface area contributed by atoms with E-state index >= 15 is 0 Å². The Labute approximate surface area is 83.6 Å². The first-order chi connectivity index (χ1) is 6.38. The molecule has 0 aliphatic heterocycles. The van der Waals surface area contributed by atoms with Crippen molar-refractivity contribution in [1.82, 2.24) is 0 Å². The van der Waals surface area contributed by atoms with Crippen LogP contribution in [0.2, 0.25) is 0 Å². The number of ether oxygens (including phenoxy) is 2. The predicted octanol–water partition coefficient (Wildman–Crippen LogP) is 1.42. The first kappa shape index (κ1) is 11.0. The highest BCUT2D eigenvalue weighted by molar-refractivity contribution is 6.29. The molecule has 1 fully saturated rings. The summed E-state index contributed by atoms with van der Waals surface area (Å²) in [5.41, 5.74) is -0.643. The molecule has 1 aliphatic rings. The van der Waals surface area contributed by atoms with Crippen molar-refractivity contribution < 1.29 is 19.1 Å². The lowest BCUT2D eigenvalue weighted by Crippen LogP contribution is -2.34. The highest BCUT2D eigenvalue weighted by Gasteiger charge is 2.29. The van der Waals surface area contributed by atoms with Crippen LogP contribution < -0.4 is 0 Å². The minimum absolute atomic E-state index is 0.0741. The minimum Gasteiger partial charge on any atom is -0.454 e. The predicted molar refractivity (Wildman–Crippen MR) is 49.6 cm³/mol. The molecule has 0 aromatic heterocycles. The van der Waals surface area contributed by atoms with Crippen LogP contribution in [-0.4, -0.2) is 23.6 Å². The van der Waals surface area contributed by atoms with Crippen LogP contribution in [-0.2, 0) is 19.1 Å². The quantitative estimate of drug-likeness (QED) is 0.474. The Kier molecular flexibility index (Phi) is 3.13. The lowest BCUT2D eigenvalue weighted by molar-refractivity contribution is -0.179. The fraction of sp³-hybridized carbons (Fsp3) is 0.800. The van der Waals surface area contributed by atoms with Gasteiger partial charge in [0.25, 0.3) is 0 Å². The zero-order chi connectivity index (χ0) is 10.8. The summed E-state index contributed by atoms with van der Waals surface area (Å²) in [6.07, 6.45) is 2.70. The van der Waals surface area contributed by atoms with E-state index in [1.807, 2.05) is 0 Å². The maximum Gasteiger partial charge on any atom is 0.418 e. The number of carbonyl (C=O) groups excluding carboxylic acids is 2. The monoisotopic (exact) mass is 200 g/mol. The molecule has 0 amide bonds. The van der Waals surface area contributed by atoms with Gasteiger partial charge in [-0.05, 0) is 40.0 Å². The van der Waals surface area contributed by atoms with Gasteiger partial charge in [0.15, 0.2) is 0 Å². The molecule has 0 aromatic rings. The Balaban J connectivity index is 2.32. The van der Waals surface area contributed by atoms with Gasteiger partial charge in [0, 0.05) is 0 Å². The third kappa shape index (κ3) is 3.36. The van der Waals surface area contributed by atoms with Crippen molar-refractivity contribution in [3.8, 4) is 0 Å². The van der Waals surface area contributed by atoms with Gasteiger partial charge >= 0.3 is 11.9 Å². The summed E-state index contributed by atoms with van der Waals surface area (Å²) in [6, 6.07) is 0. The molecule has 1 rings (SSSR count). The molecule has 4 heteroatoms. The van der Waals surface area contributed by atoms with Crippen LogP contribution in [0.1, 0.15) is 40.0 Å². The highest BCUT2D eigenvalue weighted by atomic mass is 16.6. The Morgan fingerprint density at radius 1 is 1.14 bits per heavy atom. The van der Waals surface area contributed by atoms with E-state index in [2.05, 4.69) is 0 Å².